The topological polar surface area (TPSA) is 106 Å². The molecule has 0 radical (unpaired) electrons. The van der Waals surface area contributed by atoms with E-state index >= 15 is 0 Å². The fourth-order valence-electron chi connectivity index (χ4n) is 4.06. The van der Waals surface area contributed by atoms with Crippen molar-refractivity contribution < 1.29 is 37.0 Å². The first-order valence-corrected chi connectivity index (χ1v) is 10.3. The number of nitrogens with zero attached hydrogens (tertiary/aromatic N) is 3. The van der Waals surface area contributed by atoms with Crippen molar-refractivity contribution in [3.63, 3.8) is 0 Å². The van der Waals surface area contributed by atoms with Crippen LogP contribution in [-0.4, -0.2) is 39.0 Å². The van der Waals surface area contributed by atoms with Gasteiger partial charge in [0, 0.05) is 23.1 Å². The summed E-state index contributed by atoms with van der Waals surface area (Å²) >= 11 is 0. The number of benzene rings is 2. The van der Waals surface area contributed by atoms with Crippen molar-refractivity contribution in [2.45, 2.75) is 19.3 Å². The predicted molar refractivity (Wildman–Crippen MR) is 116 cm³/mol. The molecular formula is C24H16F3N3O5. The maximum atomic E-state index is 13.2. The van der Waals surface area contributed by atoms with Crippen LogP contribution in [0.25, 0.3) is 22.4 Å². The average molecular weight is 483 g/mol. The van der Waals surface area contributed by atoms with Crippen LogP contribution in [0.2, 0.25) is 0 Å². The molecule has 0 fully saturated rings. The van der Waals surface area contributed by atoms with E-state index in [1.165, 1.54) is 30.2 Å². The normalized spacial score (nSPS) is 13.4. The van der Waals surface area contributed by atoms with Gasteiger partial charge in [0.05, 0.1) is 13.7 Å². The molecule has 5 rings (SSSR count). The third kappa shape index (κ3) is 3.84. The van der Waals surface area contributed by atoms with Gasteiger partial charge in [-0.3, -0.25) is 4.79 Å². The van der Waals surface area contributed by atoms with E-state index in [0.717, 1.165) is 11.6 Å². The smallest absolute Gasteiger partial charge is 0.433 e. The van der Waals surface area contributed by atoms with Gasteiger partial charge in [-0.2, -0.15) is 13.2 Å². The fourth-order valence-corrected chi connectivity index (χ4v) is 4.06. The van der Waals surface area contributed by atoms with Gasteiger partial charge in [0.2, 0.25) is 5.89 Å². The first-order chi connectivity index (χ1) is 16.7. The molecule has 2 aromatic carbocycles. The van der Waals surface area contributed by atoms with Crippen LogP contribution in [0.5, 0.6) is 5.75 Å². The van der Waals surface area contributed by atoms with E-state index in [1.807, 2.05) is 6.07 Å². The highest BCUT2D eigenvalue weighted by molar-refractivity contribution is 5.99. The minimum Gasteiger partial charge on any atom is -0.494 e. The van der Waals surface area contributed by atoms with Gasteiger partial charge < -0.3 is 19.2 Å². The summed E-state index contributed by atoms with van der Waals surface area (Å²) in [5.74, 6) is -1.73. The molecule has 0 atom stereocenters. The second-order valence-electron chi connectivity index (χ2n) is 7.82. The molecule has 1 amide bonds. The first-order valence-electron chi connectivity index (χ1n) is 10.3. The summed E-state index contributed by atoms with van der Waals surface area (Å²) in [6.45, 7) is 0.131. The van der Waals surface area contributed by atoms with E-state index in [2.05, 4.69) is 9.97 Å². The Labute approximate surface area is 195 Å². The number of hydrogen-bond acceptors (Lipinski definition) is 6. The highest BCUT2D eigenvalue weighted by Crippen LogP contribution is 2.37. The van der Waals surface area contributed by atoms with Crippen molar-refractivity contribution in [1.82, 2.24) is 14.9 Å². The van der Waals surface area contributed by atoms with Gasteiger partial charge in [-0.05, 0) is 35.9 Å². The predicted octanol–water partition coefficient (Wildman–Crippen LogP) is 4.77. The van der Waals surface area contributed by atoms with E-state index in [4.69, 9.17) is 9.15 Å². The standard InChI is InChI=1S/C24H16F3N3O5/c1-34-16-8-6-15(14-7-9-18(24(25,26)27)28-19(14)16)21-29-20(23(32)33)17(35-21)11-30-10-12-4-2-3-5-13(12)22(30)31/h2-9H,10-11H2,1H3,(H,32,33). The van der Waals surface area contributed by atoms with Gasteiger partial charge in [0.1, 0.15) is 17.0 Å². The number of hydrogen-bond donors (Lipinski definition) is 1. The molecule has 1 aliphatic rings. The monoisotopic (exact) mass is 483 g/mol. The van der Waals surface area contributed by atoms with Gasteiger partial charge in [-0.25, -0.2) is 14.8 Å². The molecule has 178 valence electrons. The number of carbonyl (C=O) groups excluding carboxylic acids is 1. The molecule has 35 heavy (non-hydrogen) atoms. The Bertz CT molecular complexity index is 1500. The first kappa shape index (κ1) is 22.4. The van der Waals surface area contributed by atoms with Crippen molar-refractivity contribution in [2.75, 3.05) is 7.11 Å². The summed E-state index contributed by atoms with van der Waals surface area (Å²) in [5, 5.41) is 9.91. The molecule has 0 saturated carbocycles. The second kappa shape index (κ2) is 8.12. The number of oxazole rings is 1. The van der Waals surface area contributed by atoms with Crippen molar-refractivity contribution in [3.8, 4) is 17.2 Å². The number of ether oxygens (including phenoxy) is 1. The molecule has 4 aromatic rings. The van der Waals surface area contributed by atoms with Gasteiger partial charge >= 0.3 is 12.1 Å². The minimum absolute atomic E-state index is 0.0579. The van der Waals surface area contributed by atoms with E-state index in [-0.39, 0.29) is 52.9 Å². The quantitative estimate of drug-likeness (QED) is 0.436. The molecule has 11 heteroatoms. The SMILES string of the molecule is COc1ccc(-c2nc(C(=O)O)c(CN3Cc4ccccc4C3=O)o2)c2ccc(C(F)(F)F)nc12. The maximum Gasteiger partial charge on any atom is 0.433 e. The Morgan fingerprint density at radius 3 is 2.57 bits per heavy atom. The fraction of sp³-hybridized carbons (Fsp3) is 0.167. The largest absolute Gasteiger partial charge is 0.494 e. The summed E-state index contributed by atoms with van der Waals surface area (Å²) in [4.78, 5) is 33.8. The molecule has 0 bridgehead atoms. The number of methoxy groups -OCH3 is 1. The van der Waals surface area contributed by atoms with E-state index in [1.54, 1.807) is 18.2 Å². The zero-order chi connectivity index (χ0) is 24.9. The number of rotatable bonds is 5. The Morgan fingerprint density at radius 2 is 1.89 bits per heavy atom. The van der Waals surface area contributed by atoms with Gasteiger partial charge in [0.25, 0.3) is 5.91 Å². The molecule has 8 nitrogen and oxygen atoms in total. The zero-order valence-corrected chi connectivity index (χ0v) is 18.1. The average Bonchev–Trinajstić information content (AvgIpc) is 3.39. The molecular weight excluding hydrogens is 467 g/mol. The van der Waals surface area contributed by atoms with Crippen LogP contribution >= 0.6 is 0 Å². The summed E-state index contributed by atoms with van der Waals surface area (Å²) in [7, 11) is 1.30. The number of carboxylic acid groups (broad SMARTS) is 1. The number of carboxylic acids is 1. The maximum absolute atomic E-state index is 13.2. The number of halogens is 3. The summed E-state index contributed by atoms with van der Waals surface area (Å²) < 4.78 is 50.6. The molecule has 0 unspecified atom stereocenters. The van der Waals surface area contributed by atoms with Crippen molar-refractivity contribution in [3.05, 3.63) is 76.8 Å². The summed E-state index contributed by atoms with van der Waals surface area (Å²) in [5.41, 5.74) is -0.0217. The number of alkyl halides is 3. The number of aromatic nitrogens is 2. The number of pyridine rings is 1. The zero-order valence-electron chi connectivity index (χ0n) is 18.1. The lowest BCUT2D eigenvalue weighted by Crippen LogP contribution is -2.24. The van der Waals surface area contributed by atoms with Crippen molar-refractivity contribution in [1.29, 1.82) is 0 Å². The number of carbonyl (C=O) groups is 2. The van der Waals surface area contributed by atoms with Gasteiger partial charge in [0.15, 0.2) is 11.5 Å². The third-order valence-corrected chi connectivity index (χ3v) is 5.69. The van der Waals surface area contributed by atoms with Crippen molar-refractivity contribution in [2.24, 2.45) is 0 Å². The molecule has 0 saturated heterocycles. The molecule has 1 N–H and O–H groups in total. The van der Waals surface area contributed by atoms with Crippen LogP contribution in [0.4, 0.5) is 13.2 Å². The van der Waals surface area contributed by atoms with Crippen molar-refractivity contribution >= 4 is 22.8 Å². The lowest BCUT2D eigenvalue weighted by atomic mass is 10.1. The van der Waals surface area contributed by atoms with Crippen LogP contribution in [0.1, 0.15) is 37.9 Å². The molecule has 3 heterocycles. The summed E-state index contributed by atoms with van der Waals surface area (Å²) in [6, 6.07) is 11.9. The Hall–Kier alpha value is -4.41. The molecule has 1 aliphatic heterocycles. The van der Waals surface area contributed by atoms with Crippen LogP contribution in [0.3, 0.4) is 0 Å². The lowest BCUT2D eigenvalue weighted by Gasteiger charge is -2.14. The molecule has 2 aromatic heterocycles. The Kier molecular flexibility index (Phi) is 5.19. The molecule has 0 aliphatic carbocycles. The third-order valence-electron chi connectivity index (χ3n) is 5.69. The Morgan fingerprint density at radius 1 is 1.11 bits per heavy atom. The van der Waals surface area contributed by atoms with Crippen LogP contribution in [-0.2, 0) is 19.3 Å². The van der Waals surface area contributed by atoms with E-state index in [9.17, 15) is 27.9 Å². The minimum atomic E-state index is -4.67. The van der Waals surface area contributed by atoms with E-state index in [0.29, 0.717) is 5.56 Å². The van der Waals surface area contributed by atoms with Crippen LogP contribution in [0.15, 0.2) is 52.9 Å². The lowest BCUT2D eigenvalue weighted by molar-refractivity contribution is -0.140. The number of amides is 1. The van der Waals surface area contributed by atoms with Crippen LogP contribution < -0.4 is 4.74 Å². The van der Waals surface area contributed by atoms with Gasteiger partial charge in [-0.1, -0.05) is 18.2 Å². The number of aromatic carboxylic acids is 1. The van der Waals surface area contributed by atoms with E-state index < -0.39 is 23.5 Å². The number of fused-ring (bicyclic) bond motifs is 2. The second-order valence-corrected chi connectivity index (χ2v) is 7.82. The highest BCUT2D eigenvalue weighted by Gasteiger charge is 2.34. The van der Waals surface area contributed by atoms with Gasteiger partial charge in [-0.15, -0.1) is 0 Å². The molecule has 0 spiro atoms. The van der Waals surface area contributed by atoms with Crippen LogP contribution in [0, 0.1) is 0 Å². The highest BCUT2D eigenvalue weighted by atomic mass is 19.4. The Balaban J connectivity index is 1.57. The summed E-state index contributed by atoms with van der Waals surface area (Å²) in [6.07, 6.45) is -4.67.